The van der Waals surface area contributed by atoms with Gasteiger partial charge in [-0.05, 0) is 23.5 Å². The molecule has 1 nitrogen and oxygen atoms in total. The van der Waals surface area contributed by atoms with Crippen molar-refractivity contribution >= 4 is 0 Å². The quantitative estimate of drug-likeness (QED) is 0.857. The fraction of sp³-hybridized carbons (Fsp3) is 0.294. The Labute approximate surface area is 109 Å². The monoisotopic (exact) mass is 240 g/mol. The molecule has 0 heterocycles. The zero-order valence-corrected chi connectivity index (χ0v) is 11.0. The number of rotatable bonds is 4. The molecule has 1 heteroatoms. The molecule has 0 atom stereocenters. The summed E-state index contributed by atoms with van der Waals surface area (Å²) in [4.78, 5) is 0. The lowest BCUT2D eigenvalue weighted by Gasteiger charge is -2.31. The first-order valence-electron chi connectivity index (χ1n) is 6.46. The lowest BCUT2D eigenvalue weighted by molar-refractivity contribution is 0.0574. The highest BCUT2D eigenvalue weighted by Gasteiger charge is 2.31. The van der Waals surface area contributed by atoms with Crippen molar-refractivity contribution in [2.45, 2.75) is 25.9 Å². The van der Waals surface area contributed by atoms with E-state index in [4.69, 9.17) is 0 Å². The summed E-state index contributed by atoms with van der Waals surface area (Å²) in [7, 11) is 0. The van der Waals surface area contributed by atoms with Crippen LogP contribution in [0, 0.1) is 5.92 Å². The zero-order chi connectivity index (χ0) is 13.0. The molecule has 0 aliphatic rings. The summed E-state index contributed by atoms with van der Waals surface area (Å²) in [6, 6.07) is 19.8. The van der Waals surface area contributed by atoms with Crippen molar-refractivity contribution in [3.8, 4) is 0 Å². The molecule has 2 rings (SSSR count). The Balaban J connectivity index is 2.48. The summed E-state index contributed by atoms with van der Waals surface area (Å²) in [5.41, 5.74) is 1.03. The van der Waals surface area contributed by atoms with Gasteiger partial charge in [0.2, 0.25) is 0 Å². The Kier molecular flexibility index (Phi) is 3.83. The minimum Gasteiger partial charge on any atom is -0.380 e. The molecule has 0 bridgehead atoms. The molecular weight excluding hydrogens is 220 g/mol. The van der Waals surface area contributed by atoms with Crippen LogP contribution in [0.1, 0.15) is 31.4 Å². The molecule has 0 amide bonds. The first-order chi connectivity index (χ1) is 8.63. The zero-order valence-electron chi connectivity index (χ0n) is 11.0. The predicted octanol–water partition coefficient (Wildman–Crippen LogP) is 3.97. The van der Waals surface area contributed by atoms with Gasteiger partial charge in [-0.2, -0.15) is 0 Å². The van der Waals surface area contributed by atoms with E-state index in [1.54, 1.807) is 0 Å². The lowest BCUT2D eigenvalue weighted by Crippen LogP contribution is -2.29. The largest absolute Gasteiger partial charge is 0.380 e. The van der Waals surface area contributed by atoms with Crippen molar-refractivity contribution in [3.63, 3.8) is 0 Å². The van der Waals surface area contributed by atoms with Crippen molar-refractivity contribution < 1.29 is 5.11 Å². The smallest absolute Gasteiger partial charge is 0.115 e. The van der Waals surface area contributed by atoms with Crippen LogP contribution in [0.2, 0.25) is 0 Å². The molecular formula is C17H20O. The Bertz CT molecular complexity index is 434. The van der Waals surface area contributed by atoms with Crippen molar-refractivity contribution in [2.75, 3.05) is 0 Å². The summed E-state index contributed by atoms with van der Waals surface area (Å²) in [6.45, 7) is 4.27. The van der Waals surface area contributed by atoms with Gasteiger partial charge in [0.05, 0.1) is 0 Å². The van der Waals surface area contributed by atoms with E-state index >= 15 is 0 Å². The second-order valence-electron chi connectivity index (χ2n) is 5.19. The van der Waals surface area contributed by atoms with Crippen LogP contribution < -0.4 is 0 Å². The van der Waals surface area contributed by atoms with Crippen molar-refractivity contribution in [2.24, 2.45) is 5.92 Å². The highest BCUT2D eigenvalue weighted by Crippen LogP contribution is 2.35. The highest BCUT2D eigenvalue weighted by molar-refractivity contribution is 5.35. The molecule has 94 valence electrons. The van der Waals surface area contributed by atoms with Crippen molar-refractivity contribution in [1.82, 2.24) is 0 Å². The summed E-state index contributed by atoms with van der Waals surface area (Å²) < 4.78 is 0. The molecule has 0 unspecified atom stereocenters. The van der Waals surface area contributed by atoms with E-state index in [2.05, 4.69) is 13.8 Å². The molecule has 0 aliphatic carbocycles. The lowest BCUT2D eigenvalue weighted by atomic mass is 9.80. The van der Waals surface area contributed by atoms with Gasteiger partial charge in [0.15, 0.2) is 0 Å². The summed E-state index contributed by atoms with van der Waals surface area (Å²) >= 11 is 0. The van der Waals surface area contributed by atoms with E-state index in [0.29, 0.717) is 5.92 Å². The molecule has 0 saturated heterocycles. The molecule has 0 fully saturated rings. The van der Waals surface area contributed by atoms with Gasteiger partial charge < -0.3 is 5.11 Å². The molecule has 0 aromatic heterocycles. The molecule has 0 spiro atoms. The average Bonchev–Trinajstić information content (AvgIpc) is 2.40. The van der Waals surface area contributed by atoms with Gasteiger partial charge in [0, 0.05) is 0 Å². The van der Waals surface area contributed by atoms with Crippen LogP contribution in [-0.4, -0.2) is 5.11 Å². The Morgan fingerprint density at radius 2 is 1.22 bits per heavy atom. The second-order valence-corrected chi connectivity index (χ2v) is 5.19. The van der Waals surface area contributed by atoms with Gasteiger partial charge in [-0.1, -0.05) is 74.5 Å². The topological polar surface area (TPSA) is 20.2 Å². The van der Waals surface area contributed by atoms with Gasteiger partial charge in [0.1, 0.15) is 5.60 Å². The fourth-order valence-corrected chi connectivity index (χ4v) is 2.42. The molecule has 0 radical (unpaired) electrons. The van der Waals surface area contributed by atoms with Gasteiger partial charge in [-0.25, -0.2) is 0 Å². The molecule has 18 heavy (non-hydrogen) atoms. The average molecular weight is 240 g/mol. The van der Waals surface area contributed by atoms with E-state index in [0.717, 1.165) is 17.5 Å². The third-order valence-corrected chi connectivity index (χ3v) is 3.21. The maximum atomic E-state index is 11.1. The van der Waals surface area contributed by atoms with Crippen LogP contribution in [0.4, 0.5) is 0 Å². The summed E-state index contributed by atoms with van der Waals surface area (Å²) in [5.74, 6) is 0.426. The molecule has 0 saturated carbocycles. The Hall–Kier alpha value is -1.60. The van der Waals surface area contributed by atoms with E-state index in [-0.39, 0.29) is 0 Å². The van der Waals surface area contributed by atoms with Crippen LogP contribution in [0.5, 0.6) is 0 Å². The highest BCUT2D eigenvalue weighted by atomic mass is 16.3. The van der Waals surface area contributed by atoms with E-state index in [1.807, 2.05) is 60.7 Å². The summed E-state index contributed by atoms with van der Waals surface area (Å²) in [5, 5.41) is 11.1. The Morgan fingerprint density at radius 3 is 1.56 bits per heavy atom. The van der Waals surface area contributed by atoms with Gasteiger partial charge in [0.25, 0.3) is 0 Å². The van der Waals surface area contributed by atoms with Crippen LogP contribution in [0.3, 0.4) is 0 Å². The van der Waals surface area contributed by atoms with E-state index in [1.165, 1.54) is 0 Å². The second kappa shape index (κ2) is 5.36. The standard InChI is InChI=1S/C17H20O/c1-14(2)13-17(18,15-9-5-3-6-10-15)16-11-7-4-8-12-16/h3-12,14,18H,13H2,1-2H3. The van der Waals surface area contributed by atoms with E-state index < -0.39 is 5.60 Å². The van der Waals surface area contributed by atoms with Gasteiger partial charge in [-0.15, -0.1) is 0 Å². The van der Waals surface area contributed by atoms with Gasteiger partial charge >= 0.3 is 0 Å². The van der Waals surface area contributed by atoms with Gasteiger partial charge in [-0.3, -0.25) is 0 Å². The predicted molar refractivity (Wildman–Crippen MR) is 75.3 cm³/mol. The van der Waals surface area contributed by atoms with Crippen molar-refractivity contribution in [1.29, 1.82) is 0 Å². The van der Waals surface area contributed by atoms with Crippen molar-refractivity contribution in [3.05, 3.63) is 71.8 Å². The minimum absolute atomic E-state index is 0.426. The van der Waals surface area contributed by atoms with E-state index in [9.17, 15) is 5.11 Å². The number of aliphatic hydroxyl groups is 1. The fourth-order valence-electron chi connectivity index (χ4n) is 2.42. The number of hydrogen-bond acceptors (Lipinski definition) is 1. The minimum atomic E-state index is -0.892. The normalized spacial score (nSPS) is 11.8. The third-order valence-electron chi connectivity index (χ3n) is 3.21. The number of benzene rings is 2. The summed E-state index contributed by atoms with van der Waals surface area (Å²) in [6.07, 6.45) is 0.723. The first kappa shape index (κ1) is 12.8. The van der Waals surface area contributed by atoms with Crippen LogP contribution in [0.25, 0.3) is 0 Å². The van der Waals surface area contributed by atoms with Crippen LogP contribution in [-0.2, 0) is 5.60 Å². The third kappa shape index (κ3) is 2.62. The SMILES string of the molecule is CC(C)CC(O)(c1ccccc1)c1ccccc1. The number of hydrogen-bond donors (Lipinski definition) is 1. The Morgan fingerprint density at radius 1 is 0.833 bits per heavy atom. The van der Waals surface area contributed by atoms with Crippen LogP contribution >= 0.6 is 0 Å². The first-order valence-corrected chi connectivity index (χ1v) is 6.46. The molecule has 0 aliphatic heterocycles. The molecule has 1 N–H and O–H groups in total. The maximum absolute atomic E-state index is 11.1. The molecule has 2 aromatic rings. The van der Waals surface area contributed by atoms with Crippen LogP contribution in [0.15, 0.2) is 60.7 Å². The molecule has 2 aromatic carbocycles. The maximum Gasteiger partial charge on any atom is 0.115 e.